The third kappa shape index (κ3) is 3.73. The van der Waals surface area contributed by atoms with Crippen molar-refractivity contribution in [3.05, 3.63) is 42.2 Å². The van der Waals surface area contributed by atoms with Gasteiger partial charge in [0.2, 0.25) is 10.0 Å². The van der Waals surface area contributed by atoms with Gasteiger partial charge in [0, 0.05) is 0 Å². The van der Waals surface area contributed by atoms with E-state index in [4.69, 9.17) is 14.2 Å². The number of hydrogen-bond acceptors (Lipinski definition) is 7. The molecule has 4 rings (SSSR count). The quantitative estimate of drug-likeness (QED) is 0.759. The van der Waals surface area contributed by atoms with Crippen LogP contribution in [-0.2, 0) is 26.1 Å². The van der Waals surface area contributed by atoms with E-state index in [1.807, 2.05) is 30.3 Å². The third-order valence-electron chi connectivity index (χ3n) is 4.42. The molecule has 0 unspecified atom stereocenters. The van der Waals surface area contributed by atoms with Crippen molar-refractivity contribution in [1.82, 2.24) is 19.7 Å². The molecule has 1 aromatic heterocycles. The fourth-order valence-corrected chi connectivity index (χ4v) is 4.05. The summed E-state index contributed by atoms with van der Waals surface area (Å²) in [5.74, 6) is 0.764. The van der Waals surface area contributed by atoms with Gasteiger partial charge in [-0.3, -0.25) is 0 Å². The summed E-state index contributed by atoms with van der Waals surface area (Å²) in [5, 5.41) is 8.29. The van der Waals surface area contributed by atoms with Crippen molar-refractivity contribution in [1.29, 1.82) is 0 Å². The lowest BCUT2D eigenvalue weighted by molar-refractivity contribution is 0.0624. The summed E-state index contributed by atoms with van der Waals surface area (Å²) in [4.78, 5) is 0. The average Bonchev–Trinajstić information content (AvgIpc) is 3.30. The zero-order chi connectivity index (χ0) is 18.1. The lowest BCUT2D eigenvalue weighted by Gasteiger charge is -2.16. The van der Waals surface area contributed by atoms with E-state index in [2.05, 4.69) is 15.0 Å². The summed E-state index contributed by atoms with van der Waals surface area (Å²) < 4.78 is 44.4. The summed E-state index contributed by atoms with van der Waals surface area (Å²) in [6, 6.07) is 8.95. The van der Waals surface area contributed by atoms with Crippen LogP contribution in [0.25, 0.3) is 0 Å². The predicted molar refractivity (Wildman–Crippen MR) is 91.1 cm³/mol. The van der Waals surface area contributed by atoms with Gasteiger partial charge >= 0.3 is 0 Å². The highest BCUT2D eigenvalue weighted by Crippen LogP contribution is 2.34. The molecule has 1 aromatic carbocycles. The van der Waals surface area contributed by atoms with Gasteiger partial charge in [-0.25, -0.2) is 17.8 Å². The number of ether oxygens (including phenoxy) is 3. The molecule has 2 saturated heterocycles. The molecule has 26 heavy (non-hydrogen) atoms. The van der Waals surface area contributed by atoms with Gasteiger partial charge in [0.25, 0.3) is 0 Å². The molecule has 0 radical (unpaired) electrons. The highest BCUT2D eigenvalue weighted by atomic mass is 32.2. The number of hydrogen-bond donors (Lipinski definition) is 1. The van der Waals surface area contributed by atoms with Crippen molar-refractivity contribution in [3.8, 4) is 5.75 Å². The molecule has 2 fully saturated rings. The van der Waals surface area contributed by atoms with E-state index in [1.165, 1.54) is 0 Å². The van der Waals surface area contributed by atoms with Gasteiger partial charge in [0.05, 0.1) is 31.7 Å². The molecule has 0 saturated carbocycles. The van der Waals surface area contributed by atoms with Crippen LogP contribution in [0.1, 0.15) is 11.7 Å². The van der Waals surface area contributed by atoms with Gasteiger partial charge in [-0.2, -0.15) is 0 Å². The van der Waals surface area contributed by atoms with Crippen LogP contribution in [0.15, 0.2) is 36.5 Å². The van der Waals surface area contributed by atoms with Crippen molar-refractivity contribution in [2.24, 2.45) is 0 Å². The highest BCUT2D eigenvalue weighted by Gasteiger charge is 2.49. The molecule has 2 aliphatic heterocycles. The number of nitrogens with one attached hydrogen (secondary N) is 1. The SMILES string of the molecule is CS(=O)(=O)N[C@@H]1CO[C@@H]2[C@@H]1OC[C@@H]2n1cc(COc2ccccc2)nn1. The number of benzene rings is 1. The Morgan fingerprint density at radius 1 is 1.23 bits per heavy atom. The minimum absolute atomic E-state index is 0.149. The molecule has 0 spiro atoms. The molecule has 1 N–H and O–H groups in total. The first-order valence-corrected chi connectivity index (χ1v) is 10.2. The number of para-hydroxylation sites is 1. The number of fused-ring (bicyclic) bond motifs is 1. The Hall–Kier alpha value is -2.01. The molecule has 9 nitrogen and oxygen atoms in total. The lowest BCUT2D eigenvalue weighted by atomic mass is 10.1. The molecular weight excluding hydrogens is 360 g/mol. The maximum absolute atomic E-state index is 11.5. The Labute approximate surface area is 151 Å². The second-order valence-electron chi connectivity index (χ2n) is 6.45. The molecular formula is C16H20N4O5S. The van der Waals surface area contributed by atoms with Gasteiger partial charge in [-0.15, -0.1) is 5.10 Å². The van der Waals surface area contributed by atoms with Crippen molar-refractivity contribution in [3.63, 3.8) is 0 Å². The zero-order valence-electron chi connectivity index (χ0n) is 14.2. The molecule has 2 aromatic rings. The largest absolute Gasteiger partial charge is 0.487 e. The normalized spacial score (nSPS) is 28.2. The van der Waals surface area contributed by atoms with E-state index < -0.39 is 10.0 Å². The van der Waals surface area contributed by atoms with E-state index in [-0.39, 0.29) is 30.9 Å². The molecule has 0 aliphatic carbocycles. The minimum atomic E-state index is -3.32. The number of nitrogens with zero attached hydrogens (tertiary/aromatic N) is 3. The lowest BCUT2D eigenvalue weighted by Crippen LogP contribution is -2.43. The van der Waals surface area contributed by atoms with Crippen LogP contribution in [0.2, 0.25) is 0 Å². The average molecular weight is 380 g/mol. The standard InChI is InChI=1S/C16H20N4O5S/c1-26(21,22)18-13-9-24-16-14(10-25-15(13)16)20-7-11(17-19-20)8-23-12-5-3-2-4-6-12/h2-7,13-16,18H,8-10H2,1H3/t13-,14+,15-,16+/m1/s1. The molecule has 2 aliphatic rings. The maximum atomic E-state index is 11.5. The van der Waals surface area contributed by atoms with Crippen molar-refractivity contribution < 1.29 is 22.6 Å². The van der Waals surface area contributed by atoms with E-state index in [0.717, 1.165) is 12.0 Å². The number of aromatic nitrogens is 3. The molecule has 0 amide bonds. The summed E-state index contributed by atoms with van der Waals surface area (Å²) in [6.45, 7) is 0.974. The smallest absolute Gasteiger partial charge is 0.209 e. The van der Waals surface area contributed by atoms with Crippen LogP contribution >= 0.6 is 0 Å². The van der Waals surface area contributed by atoms with Gasteiger partial charge in [0.15, 0.2) is 0 Å². The summed E-state index contributed by atoms with van der Waals surface area (Å²) >= 11 is 0. The van der Waals surface area contributed by atoms with Crippen LogP contribution in [0.4, 0.5) is 0 Å². The summed E-state index contributed by atoms with van der Waals surface area (Å²) in [5.41, 5.74) is 0.695. The molecule has 140 valence electrons. The maximum Gasteiger partial charge on any atom is 0.209 e. The molecule has 4 atom stereocenters. The van der Waals surface area contributed by atoms with Crippen LogP contribution in [0.5, 0.6) is 5.75 Å². The van der Waals surface area contributed by atoms with Crippen LogP contribution < -0.4 is 9.46 Å². The minimum Gasteiger partial charge on any atom is -0.487 e. The van der Waals surface area contributed by atoms with Crippen molar-refractivity contribution in [2.75, 3.05) is 19.5 Å². The van der Waals surface area contributed by atoms with Gasteiger partial charge < -0.3 is 14.2 Å². The van der Waals surface area contributed by atoms with Crippen LogP contribution in [0.3, 0.4) is 0 Å². The molecule has 0 bridgehead atoms. The second kappa shape index (κ2) is 6.95. The molecule has 10 heteroatoms. The first-order valence-electron chi connectivity index (χ1n) is 8.29. The van der Waals surface area contributed by atoms with Crippen molar-refractivity contribution >= 4 is 10.0 Å². The van der Waals surface area contributed by atoms with E-state index in [0.29, 0.717) is 18.9 Å². The van der Waals surface area contributed by atoms with Gasteiger partial charge in [-0.1, -0.05) is 23.4 Å². The topological polar surface area (TPSA) is 105 Å². The van der Waals surface area contributed by atoms with Crippen LogP contribution in [-0.4, -0.2) is 61.1 Å². The first-order chi connectivity index (χ1) is 12.5. The van der Waals surface area contributed by atoms with Gasteiger partial charge in [-0.05, 0) is 12.1 Å². The van der Waals surface area contributed by atoms with E-state index in [1.54, 1.807) is 10.9 Å². The Balaban J connectivity index is 1.39. The fourth-order valence-electron chi connectivity index (χ4n) is 3.30. The fraction of sp³-hybridized carbons (Fsp3) is 0.500. The van der Waals surface area contributed by atoms with Gasteiger partial charge in [0.1, 0.15) is 36.3 Å². The Bertz CT molecular complexity index is 857. The number of sulfonamides is 1. The number of rotatable bonds is 6. The Morgan fingerprint density at radius 2 is 2.00 bits per heavy atom. The second-order valence-corrected chi connectivity index (χ2v) is 8.23. The third-order valence-corrected chi connectivity index (χ3v) is 5.15. The van der Waals surface area contributed by atoms with Crippen molar-refractivity contribution in [2.45, 2.75) is 30.9 Å². The summed E-state index contributed by atoms with van der Waals surface area (Å²) in [6.07, 6.45) is 2.34. The summed E-state index contributed by atoms with van der Waals surface area (Å²) in [7, 11) is -3.32. The van der Waals surface area contributed by atoms with E-state index >= 15 is 0 Å². The zero-order valence-corrected chi connectivity index (χ0v) is 15.0. The monoisotopic (exact) mass is 380 g/mol. The van der Waals surface area contributed by atoms with Crippen LogP contribution in [0, 0.1) is 0 Å². The first kappa shape index (κ1) is 17.4. The predicted octanol–water partition coefficient (Wildman–Crippen LogP) is 0.114. The highest BCUT2D eigenvalue weighted by molar-refractivity contribution is 7.88. The van der Waals surface area contributed by atoms with E-state index in [9.17, 15) is 8.42 Å². The Morgan fingerprint density at radius 3 is 2.77 bits per heavy atom. The Kier molecular flexibility index (Phi) is 4.65. The molecule has 3 heterocycles.